The van der Waals surface area contributed by atoms with Gasteiger partial charge in [0.1, 0.15) is 0 Å². The maximum atomic E-state index is 12.8. The predicted molar refractivity (Wildman–Crippen MR) is 556 cm³/mol. The van der Waals surface area contributed by atoms with E-state index in [1.54, 1.807) is 0 Å². The van der Waals surface area contributed by atoms with Gasteiger partial charge in [0.15, 0.2) is 0 Å². The molecule has 0 aromatic rings. The molecule has 0 aromatic carbocycles. The number of hydrogen-bond donors (Lipinski definition) is 3. The fourth-order valence-electron chi connectivity index (χ4n) is 17.8. The molecule has 0 aliphatic heterocycles. The topological polar surface area (TPSA) is 204 Å². The fourth-order valence-corrected chi connectivity index (χ4v) is 17.8. The van der Waals surface area contributed by atoms with E-state index in [1.165, 1.54) is 379 Å². The summed E-state index contributed by atoms with van der Waals surface area (Å²) >= 11 is 0. The highest BCUT2D eigenvalue weighted by Gasteiger charge is 2.19. The van der Waals surface area contributed by atoms with Crippen LogP contribution in [0.15, 0.2) is 0 Å². The highest BCUT2D eigenvalue weighted by atomic mass is 16.5. The Balaban J connectivity index is -0.00000225. The number of rotatable bonds is 103. The number of unbranched alkanes of at least 4 members (excludes halogenated alkanes) is 52. The molecular weight excluding hydrogens is 1600 g/mol. The Kier molecular flexibility index (Phi) is 111. The molecule has 129 heavy (non-hydrogen) atoms. The monoisotopic (exact) mass is 1830 g/mol. The standard InChI is InChI=1S/C57H112N2O5.C49H95NO6.C8H19N/c1-6-11-16-21-24-31-42-53(40-29-19-14-9-4)51-63-56(61)45-33-27-37-48-59(50-39-35-44-55(60)58-47-36-26-23-18-13-8-3)49-38-28-34-46-57(62)64-52-54(41-30-20-15-10-5)43-32-25-22-17-12-7-2;1-5-9-13-17-19-25-35-45(33-23-15-11-7-3)43-55-48(53)38-27-21-30-40-50(42-32-29-37-47(51)52)41-31-22-28-39-49(54)56-44-46(34-24-16-12-8-4)36-26-20-18-14-10-6-2;1-2-3-4-5-6-7-8-9/h53-54H,6-52H2,1-5H3,(H,58,60);45-46H,5-44H2,1-4H3,(H,51,52);2-9H2,1H3. The molecule has 0 fully saturated rings. The third kappa shape index (κ3) is 105. The summed E-state index contributed by atoms with van der Waals surface area (Å²) < 4.78 is 23.4. The van der Waals surface area contributed by atoms with E-state index in [1.807, 2.05) is 0 Å². The number of hydrogen-bond acceptors (Lipinski definition) is 13. The molecule has 0 aliphatic carbocycles. The van der Waals surface area contributed by atoms with Gasteiger partial charge >= 0.3 is 29.8 Å². The molecule has 0 saturated carbocycles. The molecule has 4 atom stereocenters. The fraction of sp³-hybridized carbons (Fsp3) is 0.947. The van der Waals surface area contributed by atoms with E-state index in [2.05, 4.69) is 84.4 Å². The Morgan fingerprint density at radius 2 is 0.403 bits per heavy atom. The van der Waals surface area contributed by atoms with Gasteiger partial charge in [0, 0.05) is 45.1 Å². The average Bonchev–Trinajstić information content (AvgIpc) is 0.982. The Hall–Kier alpha value is -3.30. The van der Waals surface area contributed by atoms with Gasteiger partial charge in [0.05, 0.1) is 26.4 Å². The zero-order chi connectivity index (χ0) is 94.9. The first-order chi connectivity index (χ1) is 63.2. The lowest BCUT2D eigenvalue weighted by Crippen LogP contribution is -2.28. The molecule has 0 aliphatic rings. The minimum atomic E-state index is -0.731. The van der Waals surface area contributed by atoms with Crippen LogP contribution < -0.4 is 11.1 Å². The Morgan fingerprint density at radius 1 is 0.225 bits per heavy atom. The quantitative estimate of drug-likeness (QED) is 0.0295. The van der Waals surface area contributed by atoms with Crippen molar-refractivity contribution >= 4 is 35.8 Å². The summed E-state index contributed by atoms with van der Waals surface area (Å²) in [6.07, 6.45) is 94.6. The minimum absolute atomic E-state index is 0.0213. The molecule has 4 N–H and O–H groups in total. The summed E-state index contributed by atoms with van der Waals surface area (Å²) in [6.45, 7) is 32.4. The van der Waals surface area contributed by atoms with E-state index in [9.17, 15) is 28.8 Å². The number of aliphatic carboxylic acids is 1. The summed E-state index contributed by atoms with van der Waals surface area (Å²) in [7, 11) is 0. The highest BCUT2D eigenvalue weighted by Crippen LogP contribution is 2.26. The molecule has 0 heterocycles. The molecule has 0 aromatic heterocycles. The van der Waals surface area contributed by atoms with Crippen molar-refractivity contribution in [3.63, 3.8) is 0 Å². The van der Waals surface area contributed by atoms with Gasteiger partial charge in [-0.05, 0) is 211 Å². The average molecular weight is 1830 g/mol. The lowest BCUT2D eigenvalue weighted by molar-refractivity contribution is -0.146. The molecule has 0 saturated heterocycles. The van der Waals surface area contributed by atoms with Crippen LogP contribution in [0.25, 0.3) is 0 Å². The predicted octanol–water partition coefficient (Wildman–Crippen LogP) is 33.5. The maximum absolute atomic E-state index is 12.8. The van der Waals surface area contributed by atoms with Crippen molar-refractivity contribution < 1.29 is 52.8 Å². The van der Waals surface area contributed by atoms with E-state index >= 15 is 0 Å². The van der Waals surface area contributed by atoms with E-state index < -0.39 is 5.97 Å². The third-order valence-corrected chi connectivity index (χ3v) is 26.7. The van der Waals surface area contributed by atoms with Crippen molar-refractivity contribution in [1.82, 2.24) is 15.1 Å². The van der Waals surface area contributed by atoms with Crippen molar-refractivity contribution in [2.24, 2.45) is 29.4 Å². The summed E-state index contributed by atoms with van der Waals surface area (Å²) in [5.41, 5.74) is 5.34. The molecule has 768 valence electrons. The third-order valence-electron chi connectivity index (χ3n) is 26.7. The zero-order valence-corrected chi connectivity index (χ0v) is 88.3. The Labute approximate surface area is 803 Å². The molecule has 15 nitrogen and oxygen atoms in total. The number of nitrogens with zero attached hydrogens (tertiary/aromatic N) is 2. The summed E-state index contributed by atoms with van der Waals surface area (Å²) in [4.78, 5) is 79.5. The van der Waals surface area contributed by atoms with Gasteiger partial charge < -0.3 is 44.9 Å². The lowest BCUT2D eigenvalue weighted by Gasteiger charge is -2.22. The minimum Gasteiger partial charge on any atom is -0.481 e. The van der Waals surface area contributed by atoms with Crippen LogP contribution in [0.2, 0.25) is 0 Å². The van der Waals surface area contributed by atoms with Crippen LogP contribution in [0, 0.1) is 23.7 Å². The van der Waals surface area contributed by atoms with Crippen molar-refractivity contribution in [3.05, 3.63) is 0 Å². The van der Waals surface area contributed by atoms with Crippen molar-refractivity contribution in [3.8, 4) is 0 Å². The number of esters is 4. The maximum Gasteiger partial charge on any atom is 0.305 e. The van der Waals surface area contributed by atoms with Gasteiger partial charge in [-0.15, -0.1) is 0 Å². The molecule has 4 unspecified atom stereocenters. The van der Waals surface area contributed by atoms with Gasteiger partial charge in [-0.1, -0.05) is 416 Å². The second-order valence-electron chi connectivity index (χ2n) is 39.7. The van der Waals surface area contributed by atoms with Crippen LogP contribution in [-0.4, -0.2) is 129 Å². The summed E-state index contributed by atoms with van der Waals surface area (Å²) in [5.74, 6) is 1.34. The second-order valence-corrected chi connectivity index (χ2v) is 39.7. The highest BCUT2D eigenvalue weighted by molar-refractivity contribution is 5.75. The molecular formula is C114H226N4O11. The number of carboxylic acid groups (broad SMARTS) is 1. The molecule has 15 heteroatoms. The van der Waals surface area contributed by atoms with Gasteiger partial charge in [0.2, 0.25) is 5.91 Å². The summed E-state index contributed by atoms with van der Waals surface area (Å²) in [6, 6.07) is 0. The van der Waals surface area contributed by atoms with Crippen LogP contribution in [0.5, 0.6) is 0 Å². The first kappa shape index (κ1) is 130. The first-order valence-electron chi connectivity index (χ1n) is 57.4. The van der Waals surface area contributed by atoms with Gasteiger partial charge in [-0.3, -0.25) is 28.8 Å². The van der Waals surface area contributed by atoms with Crippen molar-refractivity contribution in [2.75, 3.05) is 78.8 Å². The largest absolute Gasteiger partial charge is 0.481 e. The van der Waals surface area contributed by atoms with Crippen molar-refractivity contribution in [2.45, 2.75) is 596 Å². The Bertz CT molecular complexity index is 2150. The normalized spacial score (nSPS) is 12.3. The lowest BCUT2D eigenvalue weighted by atomic mass is 9.95. The van der Waals surface area contributed by atoms with Crippen molar-refractivity contribution in [1.29, 1.82) is 0 Å². The number of carbonyl (C=O) groups excluding carboxylic acids is 5. The van der Waals surface area contributed by atoms with Crippen LogP contribution in [0.3, 0.4) is 0 Å². The number of ether oxygens (including phenoxy) is 4. The molecule has 0 rings (SSSR count). The number of carboxylic acids is 1. The second kappa shape index (κ2) is 110. The molecule has 0 radical (unpaired) electrons. The number of carbonyl (C=O) groups is 6. The van der Waals surface area contributed by atoms with Crippen LogP contribution >= 0.6 is 0 Å². The van der Waals surface area contributed by atoms with E-state index in [4.69, 9.17) is 29.8 Å². The summed E-state index contributed by atoms with van der Waals surface area (Å²) in [5, 5.41) is 12.2. The van der Waals surface area contributed by atoms with Crippen LogP contribution in [0.1, 0.15) is 596 Å². The van der Waals surface area contributed by atoms with Crippen LogP contribution in [-0.2, 0) is 47.7 Å². The first-order valence-corrected chi connectivity index (χ1v) is 57.4. The Morgan fingerprint density at radius 3 is 0.628 bits per heavy atom. The van der Waals surface area contributed by atoms with Crippen LogP contribution in [0.4, 0.5) is 0 Å². The SMILES string of the molecule is CCCCCCCCC(CCCCCC)COC(=O)CCCCCN(CCCCCC(=O)OCC(CCCCCC)CCCCCCCC)CCCCC(=O)O.CCCCCCCCN.CCCCCCCCNC(=O)CCCCN(CCCCCC(=O)OCC(CCCCCC)CCCCCCCC)CCCCCC(=O)OCC(CCCCCC)CCCCCCCC. The van der Waals surface area contributed by atoms with Gasteiger partial charge in [0.25, 0.3) is 0 Å². The molecule has 0 spiro atoms. The zero-order valence-electron chi connectivity index (χ0n) is 88.3. The number of nitrogens with two attached hydrogens (primary N) is 1. The van der Waals surface area contributed by atoms with Gasteiger partial charge in [-0.25, -0.2) is 0 Å². The molecule has 1 amide bonds. The smallest absolute Gasteiger partial charge is 0.305 e. The van der Waals surface area contributed by atoms with E-state index in [-0.39, 0.29) is 36.2 Å². The number of nitrogens with one attached hydrogen (secondary N) is 1. The molecule has 0 bridgehead atoms. The van der Waals surface area contributed by atoms with E-state index in [0.717, 1.165) is 155 Å². The van der Waals surface area contributed by atoms with Gasteiger partial charge in [-0.2, -0.15) is 0 Å². The van der Waals surface area contributed by atoms with E-state index in [0.29, 0.717) is 88.6 Å². The number of amides is 1.